The average Bonchev–Trinajstić information content (AvgIpc) is 3.25. The molecule has 5 aromatic rings. The van der Waals surface area contributed by atoms with Crippen LogP contribution in [0.1, 0.15) is 5.56 Å². The van der Waals surface area contributed by atoms with Crippen LogP contribution in [0.5, 0.6) is 5.75 Å². The van der Waals surface area contributed by atoms with Gasteiger partial charge in [0.25, 0.3) is 0 Å². The molecular weight excluding hydrogens is 457 g/mol. The highest BCUT2D eigenvalue weighted by Crippen LogP contribution is 2.38. The van der Waals surface area contributed by atoms with Crippen molar-refractivity contribution >= 4 is 22.4 Å². The van der Waals surface area contributed by atoms with Crippen molar-refractivity contribution in [3.63, 3.8) is 0 Å². The van der Waals surface area contributed by atoms with E-state index in [1.54, 1.807) is 30.7 Å². The minimum Gasteiger partial charge on any atom is -0.491 e. The van der Waals surface area contributed by atoms with Crippen LogP contribution in [0.25, 0.3) is 22.2 Å². The maximum Gasteiger partial charge on any atom is 0.143 e. The Morgan fingerprint density at radius 1 is 1.00 bits per heavy atom. The third kappa shape index (κ3) is 5.16. The maximum absolute atomic E-state index is 13.5. The summed E-state index contributed by atoms with van der Waals surface area (Å²) in [4.78, 5) is 14.9. The molecule has 182 valence electrons. The van der Waals surface area contributed by atoms with E-state index in [0.29, 0.717) is 24.7 Å². The van der Waals surface area contributed by atoms with E-state index in [9.17, 15) is 4.39 Å². The molecule has 0 unspecified atom stereocenters. The Kier molecular flexibility index (Phi) is 6.81. The van der Waals surface area contributed by atoms with Crippen LogP contribution in [-0.2, 0) is 6.54 Å². The number of halogens is 1. The minimum atomic E-state index is -0.269. The van der Waals surface area contributed by atoms with Crippen LogP contribution >= 0.6 is 0 Å². The van der Waals surface area contributed by atoms with Crippen molar-refractivity contribution in [1.82, 2.24) is 29.6 Å². The molecule has 0 amide bonds. The molecule has 3 aromatic heterocycles. The maximum atomic E-state index is 13.5. The van der Waals surface area contributed by atoms with Gasteiger partial charge in [-0.3, -0.25) is 9.67 Å². The Morgan fingerprint density at radius 3 is 2.58 bits per heavy atom. The van der Waals surface area contributed by atoms with Gasteiger partial charge in [0.2, 0.25) is 0 Å². The highest BCUT2D eigenvalue weighted by Gasteiger charge is 2.20. The fourth-order valence-corrected chi connectivity index (χ4v) is 3.90. The normalized spacial score (nSPS) is 11.2. The predicted octanol–water partition coefficient (Wildman–Crippen LogP) is 4.76. The number of ether oxygens (including phenoxy) is 1. The highest BCUT2D eigenvalue weighted by molar-refractivity contribution is 6.00. The van der Waals surface area contributed by atoms with Gasteiger partial charge in [-0.25, -0.2) is 14.4 Å². The fourth-order valence-electron chi connectivity index (χ4n) is 3.90. The van der Waals surface area contributed by atoms with Crippen molar-refractivity contribution in [3.05, 3.63) is 90.9 Å². The van der Waals surface area contributed by atoms with Gasteiger partial charge in [-0.05, 0) is 56.1 Å². The SMILES string of the molecule is CN(C)CCOc1cccc2c1c(-c1cncnc1Nc1ccncc1)nn2Cc1ccc(F)cc1. The number of rotatable bonds is 9. The van der Waals surface area contributed by atoms with Crippen LogP contribution in [0, 0.1) is 5.82 Å². The van der Waals surface area contributed by atoms with Gasteiger partial charge in [0.1, 0.15) is 36.0 Å². The molecule has 0 fully saturated rings. The number of fused-ring (bicyclic) bond motifs is 1. The summed E-state index contributed by atoms with van der Waals surface area (Å²) in [7, 11) is 4.02. The molecule has 0 spiro atoms. The van der Waals surface area contributed by atoms with E-state index in [4.69, 9.17) is 9.84 Å². The summed E-state index contributed by atoms with van der Waals surface area (Å²) in [6, 6.07) is 16.1. The van der Waals surface area contributed by atoms with Gasteiger partial charge in [0, 0.05) is 30.8 Å². The first-order chi connectivity index (χ1) is 17.6. The van der Waals surface area contributed by atoms with E-state index < -0.39 is 0 Å². The van der Waals surface area contributed by atoms with E-state index in [1.165, 1.54) is 18.5 Å². The molecule has 9 heteroatoms. The van der Waals surface area contributed by atoms with E-state index in [1.807, 2.05) is 49.1 Å². The number of likely N-dealkylation sites (N-methyl/N-ethyl adjacent to an activating group) is 1. The van der Waals surface area contributed by atoms with Gasteiger partial charge in [-0.2, -0.15) is 5.10 Å². The van der Waals surface area contributed by atoms with Crippen LogP contribution < -0.4 is 10.1 Å². The third-order valence-electron chi connectivity index (χ3n) is 5.69. The first-order valence-corrected chi connectivity index (χ1v) is 11.6. The summed E-state index contributed by atoms with van der Waals surface area (Å²) < 4.78 is 21.6. The number of pyridine rings is 1. The lowest BCUT2D eigenvalue weighted by Crippen LogP contribution is -2.19. The van der Waals surface area contributed by atoms with Crippen LogP contribution in [0.3, 0.4) is 0 Å². The lowest BCUT2D eigenvalue weighted by Gasteiger charge is -2.13. The molecule has 3 heterocycles. The minimum absolute atomic E-state index is 0.269. The summed E-state index contributed by atoms with van der Waals surface area (Å²) in [5.74, 6) is 1.08. The van der Waals surface area contributed by atoms with Crippen molar-refractivity contribution in [2.75, 3.05) is 32.6 Å². The quantitative estimate of drug-likeness (QED) is 0.324. The monoisotopic (exact) mass is 483 g/mol. The van der Waals surface area contributed by atoms with Crippen molar-refractivity contribution in [1.29, 1.82) is 0 Å². The zero-order chi connectivity index (χ0) is 24.9. The topological polar surface area (TPSA) is 81.0 Å². The Labute approximate surface area is 208 Å². The zero-order valence-corrected chi connectivity index (χ0v) is 20.1. The molecule has 8 nitrogen and oxygen atoms in total. The van der Waals surface area contributed by atoms with Gasteiger partial charge in [0.15, 0.2) is 0 Å². The number of hydrogen-bond acceptors (Lipinski definition) is 7. The standard InChI is InChI=1S/C27H26FN7O/c1-34(2)14-15-36-24-5-3-4-23-25(24)26(33-35(23)17-19-6-8-20(28)9-7-19)22-16-30-18-31-27(22)32-21-10-12-29-13-11-21/h3-13,16,18H,14-15,17H2,1-2H3,(H,29,30,31,32). The number of aromatic nitrogens is 5. The second-order valence-corrected chi connectivity index (χ2v) is 8.58. The summed E-state index contributed by atoms with van der Waals surface area (Å²) >= 11 is 0. The third-order valence-corrected chi connectivity index (χ3v) is 5.69. The van der Waals surface area contributed by atoms with Crippen molar-refractivity contribution in [2.24, 2.45) is 0 Å². The first kappa shape index (κ1) is 23.4. The predicted molar refractivity (Wildman–Crippen MR) is 138 cm³/mol. The number of benzene rings is 2. The second-order valence-electron chi connectivity index (χ2n) is 8.58. The van der Waals surface area contributed by atoms with Gasteiger partial charge in [-0.15, -0.1) is 0 Å². The Morgan fingerprint density at radius 2 is 1.81 bits per heavy atom. The van der Waals surface area contributed by atoms with Crippen molar-refractivity contribution < 1.29 is 9.13 Å². The molecule has 0 aliphatic carbocycles. The number of anilines is 2. The molecule has 5 rings (SSSR count). The molecule has 2 aromatic carbocycles. The molecule has 0 bridgehead atoms. The molecule has 1 N–H and O–H groups in total. The van der Waals surface area contributed by atoms with Gasteiger partial charge < -0.3 is 15.0 Å². The van der Waals surface area contributed by atoms with Crippen LogP contribution in [-0.4, -0.2) is 56.9 Å². The van der Waals surface area contributed by atoms with Crippen LogP contribution in [0.15, 0.2) is 79.5 Å². The summed E-state index contributed by atoms with van der Waals surface area (Å²) in [5.41, 5.74) is 4.12. The molecule has 0 saturated heterocycles. The largest absolute Gasteiger partial charge is 0.491 e. The summed E-state index contributed by atoms with van der Waals surface area (Å²) in [6.07, 6.45) is 6.68. The lowest BCUT2D eigenvalue weighted by atomic mass is 10.1. The van der Waals surface area contributed by atoms with E-state index in [2.05, 4.69) is 25.2 Å². The summed E-state index contributed by atoms with van der Waals surface area (Å²) in [6.45, 7) is 1.78. The molecule has 0 aliphatic heterocycles. The second kappa shape index (κ2) is 10.5. The molecule has 0 saturated carbocycles. The van der Waals surface area contributed by atoms with Gasteiger partial charge in [-0.1, -0.05) is 18.2 Å². The zero-order valence-electron chi connectivity index (χ0n) is 20.1. The van der Waals surface area contributed by atoms with Crippen LogP contribution in [0.2, 0.25) is 0 Å². The Hall–Kier alpha value is -4.37. The van der Waals surface area contributed by atoms with Gasteiger partial charge in [0.05, 0.1) is 23.0 Å². The highest BCUT2D eigenvalue weighted by atomic mass is 19.1. The summed E-state index contributed by atoms with van der Waals surface area (Å²) in [5, 5.41) is 9.20. The molecule has 0 aliphatic rings. The van der Waals surface area contributed by atoms with E-state index >= 15 is 0 Å². The van der Waals surface area contributed by atoms with Crippen molar-refractivity contribution in [3.8, 4) is 17.0 Å². The smallest absolute Gasteiger partial charge is 0.143 e. The first-order valence-electron chi connectivity index (χ1n) is 11.6. The van der Waals surface area contributed by atoms with E-state index in [-0.39, 0.29) is 5.82 Å². The molecule has 36 heavy (non-hydrogen) atoms. The Bertz CT molecular complexity index is 1450. The fraction of sp³-hybridized carbons (Fsp3) is 0.185. The molecular formula is C27H26FN7O. The average molecular weight is 484 g/mol. The lowest BCUT2D eigenvalue weighted by molar-refractivity contribution is 0.264. The van der Waals surface area contributed by atoms with Gasteiger partial charge >= 0.3 is 0 Å². The molecule has 0 atom stereocenters. The number of nitrogens with one attached hydrogen (secondary N) is 1. The molecule has 0 radical (unpaired) electrons. The number of nitrogens with zero attached hydrogens (tertiary/aromatic N) is 6. The van der Waals surface area contributed by atoms with E-state index in [0.717, 1.165) is 40.0 Å². The number of hydrogen-bond donors (Lipinski definition) is 1. The van der Waals surface area contributed by atoms with Crippen LogP contribution in [0.4, 0.5) is 15.9 Å². The Balaban J connectivity index is 1.62. The van der Waals surface area contributed by atoms with Crippen molar-refractivity contribution in [2.45, 2.75) is 6.54 Å².